The van der Waals surface area contributed by atoms with E-state index in [0.29, 0.717) is 11.5 Å². The van der Waals surface area contributed by atoms with Crippen LogP contribution in [0.2, 0.25) is 0 Å². The Hall–Kier alpha value is -0.960. The highest BCUT2D eigenvalue weighted by molar-refractivity contribution is 7.80. The molecule has 2 rings (SSSR count). The molecule has 1 aromatic rings. The van der Waals surface area contributed by atoms with Crippen LogP contribution in [-0.2, 0) is 0 Å². The maximum absolute atomic E-state index is 12.1. The fourth-order valence-corrected chi connectivity index (χ4v) is 2.91. The first-order chi connectivity index (χ1) is 8.66. The molecule has 3 heteroatoms. The third kappa shape index (κ3) is 3.52. The number of thiol groups is 1. The number of carbonyl (C=O) groups is 1. The van der Waals surface area contributed by atoms with E-state index in [1.807, 2.05) is 24.3 Å². The van der Waals surface area contributed by atoms with Gasteiger partial charge in [0.2, 0.25) is 0 Å². The lowest BCUT2D eigenvalue weighted by atomic mass is 9.84. The van der Waals surface area contributed by atoms with Crippen LogP contribution in [-0.4, -0.2) is 11.9 Å². The number of benzene rings is 1. The van der Waals surface area contributed by atoms with Gasteiger partial charge in [-0.2, -0.15) is 0 Å². The van der Waals surface area contributed by atoms with E-state index < -0.39 is 0 Å². The lowest BCUT2D eigenvalue weighted by Crippen LogP contribution is -2.38. The molecule has 1 aliphatic carbocycles. The molecule has 0 heterocycles. The van der Waals surface area contributed by atoms with Crippen molar-refractivity contribution in [3.8, 4) is 0 Å². The molecule has 0 aromatic heterocycles. The molecule has 1 atom stereocenters. The second-order valence-corrected chi connectivity index (χ2v) is 5.73. The summed E-state index contributed by atoms with van der Waals surface area (Å²) < 4.78 is 0. The Morgan fingerprint density at radius 3 is 2.72 bits per heavy atom. The molecule has 98 valence electrons. The van der Waals surface area contributed by atoms with Crippen LogP contribution >= 0.6 is 12.6 Å². The largest absolute Gasteiger partial charge is 0.349 e. The molecule has 18 heavy (non-hydrogen) atoms. The molecule has 0 bridgehead atoms. The van der Waals surface area contributed by atoms with Gasteiger partial charge in [-0.05, 0) is 43.9 Å². The van der Waals surface area contributed by atoms with Crippen LogP contribution in [0.15, 0.2) is 29.2 Å². The van der Waals surface area contributed by atoms with E-state index in [1.54, 1.807) is 0 Å². The highest BCUT2D eigenvalue weighted by Gasteiger charge is 2.21. The molecule has 1 aliphatic rings. The molecule has 0 saturated heterocycles. The summed E-state index contributed by atoms with van der Waals surface area (Å²) >= 11 is 4.26. The van der Waals surface area contributed by atoms with Crippen LogP contribution in [0.25, 0.3) is 0 Å². The van der Waals surface area contributed by atoms with Crippen molar-refractivity contribution in [3.05, 3.63) is 29.8 Å². The number of hydrogen-bond donors (Lipinski definition) is 2. The summed E-state index contributed by atoms with van der Waals surface area (Å²) in [5.74, 6) is 0.658. The Morgan fingerprint density at radius 1 is 1.33 bits per heavy atom. The summed E-state index contributed by atoms with van der Waals surface area (Å²) in [5, 5.41) is 3.12. The van der Waals surface area contributed by atoms with Crippen molar-refractivity contribution < 1.29 is 4.79 Å². The Morgan fingerprint density at radius 2 is 2.06 bits per heavy atom. The van der Waals surface area contributed by atoms with Gasteiger partial charge in [0.15, 0.2) is 0 Å². The van der Waals surface area contributed by atoms with Crippen molar-refractivity contribution in [2.45, 2.75) is 50.0 Å². The molecule has 1 N–H and O–H groups in total. The zero-order valence-electron chi connectivity index (χ0n) is 10.9. The van der Waals surface area contributed by atoms with E-state index in [-0.39, 0.29) is 11.9 Å². The monoisotopic (exact) mass is 263 g/mol. The maximum Gasteiger partial charge on any atom is 0.251 e. The summed E-state index contributed by atoms with van der Waals surface area (Å²) in [5.41, 5.74) is 0.699. The smallest absolute Gasteiger partial charge is 0.251 e. The number of nitrogens with one attached hydrogen (secondary N) is 1. The first-order valence-corrected chi connectivity index (χ1v) is 7.21. The van der Waals surface area contributed by atoms with Crippen LogP contribution in [0.1, 0.15) is 49.4 Å². The van der Waals surface area contributed by atoms with E-state index in [9.17, 15) is 4.79 Å². The Kier molecular flexibility index (Phi) is 4.70. The van der Waals surface area contributed by atoms with Crippen molar-refractivity contribution in [2.24, 2.45) is 5.92 Å². The molecule has 1 amide bonds. The fourth-order valence-electron chi connectivity index (χ4n) is 2.69. The molecule has 1 fully saturated rings. The lowest BCUT2D eigenvalue weighted by molar-refractivity contribution is 0.0919. The number of rotatable bonds is 3. The summed E-state index contributed by atoms with van der Waals surface area (Å²) in [4.78, 5) is 12.9. The van der Waals surface area contributed by atoms with Crippen molar-refractivity contribution in [3.63, 3.8) is 0 Å². The van der Waals surface area contributed by atoms with E-state index >= 15 is 0 Å². The van der Waals surface area contributed by atoms with Gasteiger partial charge in [-0.25, -0.2) is 0 Å². The van der Waals surface area contributed by atoms with Gasteiger partial charge in [0.05, 0.1) is 0 Å². The first-order valence-electron chi connectivity index (χ1n) is 6.76. The molecule has 0 spiro atoms. The van der Waals surface area contributed by atoms with Gasteiger partial charge in [0.25, 0.3) is 5.91 Å². The second kappa shape index (κ2) is 6.28. The highest BCUT2D eigenvalue weighted by Crippen LogP contribution is 2.26. The number of hydrogen-bond acceptors (Lipinski definition) is 2. The quantitative estimate of drug-likeness (QED) is 0.800. The van der Waals surface area contributed by atoms with Gasteiger partial charge < -0.3 is 5.32 Å². The van der Waals surface area contributed by atoms with Crippen molar-refractivity contribution in [1.29, 1.82) is 0 Å². The maximum atomic E-state index is 12.1. The van der Waals surface area contributed by atoms with Crippen molar-refractivity contribution in [1.82, 2.24) is 5.32 Å². The van der Waals surface area contributed by atoms with E-state index in [2.05, 4.69) is 24.9 Å². The van der Waals surface area contributed by atoms with Gasteiger partial charge in [-0.15, -0.1) is 12.6 Å². The molecular weight excluding hydrogens is 242 g/mol. The zero-order valence-corrected chi connectivity index (χ0v) is 11.7. The molecule has 2 nitrogen and oxygen atoms in total. The fraction of sp³-hybridized carbons (Fsp3) is 0.533. The summed E-state index contributed by atoms with van der Waals surface area (Å²) in [6.07, 6.45) is 6.44. The normalized spacial score (nSPS) is 18.3. The van der Waals surface area contributed by atoms with Crippen LogP contribution in [0, 0.1) is 5.92 Å². The topological polar surface area (TPSA) is 29.1 Å². The zero-order chi connectivity index (χ0) is 13.0. The average Bonchev–Trinajstić information content (AvgIpc) is 2.39. The molecule has 0 aliphatic heterocycles. The predicted molar refractivity (Wildman–Crippen MR) is 77.2 cm³/mol. The Balaban J connectivity index is 1.94. The SMILES string of the molecule is CC(NC(=O)c1cccc(S)c1)C1CCCCC1. The number of amides is 1. The van der Waals surface area contributed by atoms with Crippen LogP contribution in [0.4, 0.5) is 0 Å². The second-order valence-electron chi connectivity index (χ2n) is 5.21. The molecule has 0 radical (unpaired) electrons. The average molecular weight is 263 g/mol. The minimum absolute atomic E-state index is 0.0176. The van der Waals surface area contributed by atoms with Gasteiger partial charge in [-0.1, -0.05) is 25.3 Å². The third-order valence-corrected chi connectivity index (χ3v) is 4.10. The highest BCUT2D eigenvalue weighted by atomic mass is 32.1. The van der Waals surface area contributed by atoms with Crippen LogP contribution in [0.3, 0.4) is 0 Å². The third-order valence-electron chi connectivity index (χ3n) is 3.82. The van der Waals surface area contributed by atoms with Gasteiger partial charge in [-0.3, -0.25) is 4.79 Å². The summed E-state index contributed by atoms with van der Waals surface area (Å²) in [7, 11) is 0. The predicted octanol–water partition coefficient (Wildman–Crippen LogP) is 3.67. The molecule has 1 aromatic carbocycles. The minimum Gasteiger partial charge on any atom is -0.349 e. The van der Waals surface area contributed by atoms with Crippen molar-refractivity contribution >= 4 is 18.5 Å². The molecule has 1 saturated carbocycles. The standard InChI is InChI=1S/C15H21NOS/c1-11(12-6-3-2-4-7-12)16-15(17)13-8-5-9-14(18)10-13/h5,8-12,18H,2-4,6-7H2,1H3,(H,16,17). The van der Waals surface area contributed by atoms with Gasteiger partial charge in [0.1, 0.15) is 0 Å². The Labute approximate surface area is 115 Å². The van der Waals surface area contributed by atoms with E-state index in [1.165, 1.54) is 32.1 Å². The summed E-state index contributed by atoms with van der Waals surface area (Å²) in [6.45, 7) is 2.12. The lowest BCUT2D eigenvalue weighted by Gasteiger charge is -2.28. The van der Waals surface area contributed by atoms with Crippen molar-refractivity contribution in [2.75, 3.05) is 0 Å². The molecular formula is C15H21NOS. The molecule has 1 unspecified atom stereocenters. The van der Waals surface area contributed by atoms with Crippen LogP contribution < -0.4 is 5.32 Å². The van der Waals surface area contributed by atoms with Gasteiger partial charge in [0, 0.05) is 16.5 Å². The number of carbonyl (C=O) groups excluding carboxylic acids is 1. The van der Waals surface area contributed by atoms with E-state index in [4.69, 9.17) is 0 Å². The summed E-state index contributed by atoms with van der Waals surface area (Å²) in [6, 6.07) is 7.66. The minimum atomic E-state index is 0.0176. The Bertz CT molecular complexity index is 413. The van der Waals surface area contributed by atoms with Gasteiger partial charge >= 0.3 is 0 Å². The first kappa shape index (κ1) is 13.5. The van der Waals surface area contributed by atoms with Crippen LogP contribution in [0.5, 0.6) is 0 Å². The van der Waals surface area contributed by atoms with E-state index in [0.717, 1.165) is 4.90 Å².